The summed E-state index contributed by atoms with van der Waals surface area (Å²) in [6, 6.07) is 6.68. The summed E-state index contributed by atoms with van der Waals surface area (Å²) in [7, 11) is 1.50. The van der Waals surface area contributed by atoms with Crippen molar-refractivity contribution in [3.05, 3.63) is 29.8 Å². The molecule has 0 aromatic heterocycles. The second kappa shape index (κ2) is 9.17. The fraction of sp³-hybridized carbons (Fsp3) is 0.500. The van der Waals surface area contributed by atoms with Gasteiger partial charge in [0.2, 0.25) is 11.8 Å². The van der Waals surface area contributed by atoms with Gasteiger partial charge in [0.15, 0.2) is 0 Å². The van der Waals surface area contributed by atoms with Gasteiger partial charge in [-0.15, -0.1) is 0 Å². The minimum Gasteiger partial charge on any atom is -0.383 e. The number of carbonyl (C=O) groups is 2. The van der Waals surface area contributed by atoms with E-state index in [0.717, 1.165) is 11.3 Å². The summed E-state index contributed by atoms with van der Waals surface area (Å²) in [5.74, 6) is 0.0270. The van der Waals surface area contributed by atoms with E-state index in [1.807, 2.05) is 38.1 Å². The normalized spacial score (nSPS) is 12.0. The second-order valence-corrected chi connectivity index (χ2v) is 5.63. The van der Waals surface area contributed by atoms with E-state index in [9.17, 15) is 9.59 Å². The molecule has 22 heavy (non-hydrogen) atoms. The lowest BCUT2D eigenvalue weighted by atomic mass is 10.1. The van der Waals surface area contributed by atoms with Gasteiger partial charge in [0.1, 0.15) is 6.04 Å². The monoisotopic (exact) mass is 307 g/mol. The molecule has 1 aromatic rings. The molecular weight excluding hydrogens is 282 g/mol. The second-order valence-electron chi connectivity index (χ2n) is 5.63. The van der Waals surface area contributed by atoms with Gasteiger partial charge in [-0.3, -0.25) is 9.59 Å². The number of methoxy groups -OCH3 is 1. The van der Waals surface area contributed by atoms with Crippen molar-refractivity contribution < 1.29 is 14.3 Å². The van der Waals surface area contributed by atoms with Gasteiger partial charge in [0.05, 0.1) is 6.61 Å². The fourth-order valence-electron chi connectivity index (χ4n) is 1.92. The molecule has 0 radical (unpaired) electrons. The number of carbonyl (C=O) groups excluding carboxylic acids is 2. The topological polar surface area (TPSA) is 93.4 Å². The predicted molar refractivity (Wildman–Crippen MR) is 86.2 cm³/mol. The van der Waals surface area contributed by atoms with Crippen LogP contribution in [-0.4, -0.2) is 31.6 Å². The Balaban J connectivity index is 2.54. The Bertz CT molecular complexity index is 503. The summed E-state index contributed by atoms with van der Waals surface area (Å²) >= 11 is 0. The SMILES string of the molecule is COCC(N)C(=O)NCc1cccc(NC(=O)CC(C)C)c1. The summed E-state index contributed by atoms with van der Waals surface area (Å²) in [6.07, 6.45) is 0.479. The van der Waals surface area contributed by atoms with Gasteiger partial charge in [-0.2, -0.15) is 0 Å². The summed E-state index contributed by atoms with van der Waals surface area (Å²) < 4.78 is 4.84. The van der Waals surface area contributed by atoms with Crippen molar-refractivity contribution in [2.24, 2.45) is 11.7 Å². The quantitative estimate of drug-likeness (QED) is 0.674. The molecule has 122 valence electrons. The lowest BCUT2D eigenvalue weighted by molar-refractivity contribution is -0.123. The molecule has 0 saturated carbocycles. The van der Waals surface area contributed by atoms with Crippen molar-refractivity contribution in [2.75, 3.05) is 19.0 Å². The van der Waals surface area contributed by atoms with Crippen LogP contribution in [0.25, 0.3) is 0 Å². The molecule has 6 nitrogen and oxygen atoms in total. The zero-order valence-corrected chi connectivity index (χ0v) is 13.4. The molecule has 0 aliphatic rings. The minimum atomic E-state index is -0.682. The van der Waals surface area contributed by atoms with Crippen molar-refractivity contribution in [1.29, 1.82) is 0 Å². The van der Waals surface area contributed by atoms with E-state index in [2.05, 4.69) is 10.6 Å². The van der Waals surface area contributed by atoms with E-state index in [1.165, 1.54) is 7.11 Å². The lowest BCUT2D eigenvalue weighted by Crippen LogP contribution is -2.43. The Labute approximate surface area is 131 Å². The molecule has 2 amide bonds. The van der Waals surface area contributed by atoms with Crippen molar-refractivity contribution in [1.82, 2.24) is 5.32 Å². The Morgan fingerprint density at radius 2 is 2.05 bits per heavy atom. The van der Waals surface area contributed by atoms with Crippen LogP contribution in [0.1, 0.15) is 25.8 Å². The number of nitrogens with two attached hydrogens (primary N) is 1. The maximum Gasteiger partial charge on any atom is 0.239 e. The standard InChI is InChI=1S/C16H25N3O3/c1-11(2)7-15(20)19-13-6-4-5-12(8-13)9-18-16(21)14(17)10-22-3/h4-6,8,11,14H,7,9-10,17H2,1-3H3,(H,18,21)(H,19,20). The van der Waals surface area contributed by atoms with Crippen molar-refractivity contribution in [3.8, 4) is 0 Å². The van der Waals surface area contributed by atoms with Crippen LogP contribution in [0.4, 0.5) is 5.69 Å². The first kappa shape index (κ1) is 18.1. The highest BCUT2D eigenvalue weighted by molar-refractivity contribution is 5.90. The van der Waals surface area contributed by atoms with Gasteiger partial charge >= 0.3 is 0 Å². The molecule has 4 N–H and O–H groups in total. The highest BCUT2D eigenvalue weighted by atomic mass is 16.5. The molecule has 1 atom stereocenters. The summed E-state index contributed by atoms with van der Waals surface area (Å²) in [5, 5.41) is 5.59. The Kier molecular flexibility index (Phi) is 7.56. The maximum absolute atomic E-state index is 11.8. The summed E-state index contributed by atoms with van der Waals surface area (Å²) in [4.78, 5) is 23.5. The van der Waals surface area contributed by atoms with E-state index in [-0.39, 0.29) is 18.4 Å². The Morgan fingerprint density at radius 1 is 1.32 bits per heavy atom. The molecule has 0 heterocycles. The van der Waals surface area contributed by atoms with Crippen LogP contribution >= 0.6 is 0 Å². The van der Waals surface area contributed by atoms with Crippen LogP contribution in [0, 0.1) is 5.92 Å². The van der Waals surface area contributed by atoms with Crippen LogP contribution in [-0.2, 0) is 20.9 Å². The van der Waals surface area contributed by atoms with Crippen LogP contribution in [0.15, 0.2) is 24.3 Å². The first-order valence-corrected chi connectivity index (χ1v) is 7.33. The van der Waals surface area contributed by atoms with Crippen LogP contribution < -0.4 is 16.4 Å². The average molecular weight is 307 g/mol. The predicted octanol–water partition coefficient (Wildman–Crippen LogP) is 1.26. The molecule has 0 aliphatic heterocycles. The molecule has 0 saturated heterocycles. The first-order valence-electron chi connectivity index (χ1n) is 7.33. The van der Waals surface area contributed by atoms with Crippen molar-refractivity contribution in [2.45, 2.75) is 32.9 Å². The zero-order valence-electron chi connectivity index (χ0n) is 13.4. The molecule has 1 aromatic carbocycles. The average Bonchev–Trinajstić information content (AvgIpc) is 2.44. The number of amides is 2. The van der Waals surface area contributed by atoms with E-state index in [4.69, 9.17) is 10.5 Å². The van der Waals surface area contributed by atoms with Gasteiger partial charge in [-0.05, 0) is 23.6 Å². The summed E-state index contributed by atoms with van der Waals surface area (Å²) in [6.45, 7) is 4.52. The van der Waals surface area contributed by atoms with Gasteiger partial charge in [0, 0.05) is 25.8 Å². The van der Waals surface area contributed by atoms with E-state index >= 15 is 0 Å². The van der Waals surface area contributed by atoms with Crippen LogP contribution in [0.3, 0.4) is 0 Å². The number of benzene rings is 1. The van der Waals surface area contributed by atoms with Gasteiger partial charge in [-0.1, -0.05) is 26.0 Å². The number of ether oxygens (including phenoxy) is 1. The largest absolute Gasteiger partial charge is 0.383 e. The third-order valence-electron chi connectivity index (χ3n) is 2.95. The molecule has 6 heteroatoms. The highest BCUT2D eigenvalue weighted by Crippen LogP contribution is 2.12. The van der Waals surface area contributed by atoms with Gasteiger partial charge in [-0.25, -0.2) is 0 Å². The third kappa shape index (κ3) is 6.69. The maximum atomic E-state index is 11.8. The smallest absolute Gasteiger partial charge is 0.239 e. The lowest BCUT2D eigenvalue weighted by Gasteiger charge is -2.12. The Hall–Kier alpha value is -1.92. The molecule has 0 aliphatic carbocycles. The van der Waals surface area contributed by atoms with E-state index < -0.39 is 6.04 Å². The molecule has 1 rings (SSSR count). The van der Waals surface area contributed by atoms with Crippen LogP contribution in [0.5, 0.6) is 0 Å². The summed E-state index contributed by atoms with van der Waals surface area (Å²) in [5.41, 5.74) is 7.25. The van der Waals surface area contributed by atoms with E-state index in [1.54, 1.807) is 0 Å². The molecule has 1 unspecified atom stereocenters. The van der Waals surface area contributed by atoms with Crippen molar-refractivity contribution >= 4 is 17.5 Å². The Morgan fingerprint density at radius 3 is 2.68 bits per heavy atom. The fourth-order valence-corrected chi connectivity index (χ4v) is 1.92. The molecule has 0 bridgehead atoms. The number of anilines is 1. The molecule has 0 spiro atoms. The number of hydrogen-bond donors (Lipinski definition) is 3. The highest BCUT2D eigenvalue weighted by Gasteiger charge is 2.12. The van der Waals surface area contributed by atoms with Crippen LogP contribution in [0.2, 0.25) is 0 Å². The number of rotatable bonds is 8. The molecular formula is C16H25N3O3. The van der Waals surface area contributed by atoms with E-state index in [0.29, 0.717) is 18.9 Å². The molecule has 0 fully saturated rings. The van der Waals surface area contributed by atoms with Gasteiger partial charge in [0.25, 0.3) is 0 Å². The number of nitrogens with one attached hydrogen (secondary N) is 2. The van der Waals surface area contributed by atoms with Gasteiger partial charge < -0.3 is 21.1 Å². The minimum absolute atomic E-state index is 0.0155. The first-order chi connectivity index (χ1) is 10.4. The van der Waals surface area contributed by atoms with Crippen molar-refractivity contribution in [3.63, 3.8) is 0 Å². The zero-order chi connectivity index (χ0) is 16.5. The third-order valence-corrected chi connectivity index (χ3v) is 2.95. The number of hydrogen-bond acceptors (Lipinski definition) is 4.